The molecule has 1 aromatic carbocycles. The van der Waals surface area contributed by atoms with Gasteiger partial charge in [-0.05, 0) is 13.0 Å². The Hall–Kier alpha value is -2.49. The second-order valence-corrected chi connectivity index (χ2v) is 4.28. The van der Waals surface area contributed by atoms with Crippen LogP contribution < -0.4 is 11.5 Å². The Morgan fingerprint density at radius 2 is 1.78 bits per heavy atom. The molecule has 0 amide bonds. The monoisotopic (exact) mass is 239 g/mol. The average molecular weight is 239 g/mol. The Morgan fingerprint density at radius 3 is 2.50 bits per heavy atom. The lowest BCUT2D eigenvalue weighted by atomic mass is 10.1. The minimum Gasteiger partial charge on any atom is -0.436 e. The second kappa shape index (κ2) is 3.77. The van der Waals surface area contributed by atoms with Crippen molar-refractivity contribution in [3.63, 3.8) is 0 Å². The van der Waals surface area contributed by atoms with Crippen LogP contribution >= 0.6 is 0 Å². The molecule has 2 heterocycles. The van der Waals surface area contributed by atoms with Gasteiger partial charge in [0, 0.05) is 17.1 Å². The third-order valence-corrected chi connectivity index (χ3v) is 3.00. The number of anilines is 2. The number of aryl methyl sites for hydroxylation is 1. The molecule has 3 rings (SSSR count). The molecule has 90 valence electrons. The van der Waals surface area contributed by atoms with E-state index in [1.807, 2.05) is 37.3 Å². The number of furan rings is 1. The minimum atomic E-state index is 0.242. The molecule has 0 aliphatic rings. The number of benzene rings is 1. The highest BCUT2D eigenvalue weighted by Gasteiger charge is 2.14. The van der Waals surface area contributed by atoms with Gasteiger partial charge in [0.2, 0.25) is 5.88 Å². The quantitative estimate of drug-likeness (QED) is 0.684. The van der Waals surface area contributed by atoms with Crippen molar-refractivity contribution < 1.29 is 4.42 Å². The van der Waals surface area contributed by atoms with Gasteiger partial charge in [0.05, 0.1) is 0 Å². The summed E-state index contributed by atoms with van der Waals surface area (Å²) in [6.07, 6.45) is 1.71. The average Bonchev–Trinajstić information content (AvgIpc) is 2.67. The zero-order valence-corrected chi connectivity index (χ0v) is 9.97. The number of nitrogens with two attached hydrogens (primary N) is 2. The van der Waals surface area contributed by atoms with Crippen LogP contribution in [0.3, 0.4) is 0 Å². The van der Waals surface area contributed by atoms with Crippen LogP contribution in [-0.4, -0.2) is 4.98 Å². The standard InChI is InChI=1S/C14H13N3O/c1-8-2-4-9(5-3-8)12-13-10(6-7-17-12)11(15)14(16)18-13/h2-7H,15-16H2,1H3. The van der Waals surface area contributed by atoms with E-state index in [4.69, 9.17) is 15.9 Å². The van der Waals surface area contributed by atoms with Gasteiger partial charge in [0.1, 0.15) is 11.4 Å². The summed E-state index contributed by atoms with van der Waals surface area (Å²) in [5.74, 6) is 0.242. The summed E-state index contributed by atoms with van der Waals surface area (Å²) in [6, 6.07) is 9.89. The highest BCUT2D eigenvalue weighted by molar-refractivity contribution is 6.01. The molecule has 0 saturated carbocycles. The third-order valence-electron chi connectivity index (χ3n) is 3.00. The first-order valence-electron chi connectivity index (χ1n) is 5.66. The van der Waals surface area contributed by atoms with Gasteiger partial charge in [-0.2, -0.15) is 0 Å². The number of aromatic nitrogens is 1. The molecule has 0 unspecified atom stereocenters. The van der Waals surface area contributed by atoms with Crippen molar-refractivity contribution in [2.24, 2.45) is 0 Å². The molecule has 0 atom stereocenters. The summed E-state index contributed by atoms with van der Waals surface area (Å²) < 4.78 is 5.50. The Bertz CT molecular complexity index is 714. The van der Waals surface area contributed by atoms with Crippen LogP contribution in [0.25, 0.3) is 22.2 Å². The number of hydrogen-bond acceptors (Lipinski definition) is 4. The third kappa shape index (κ3) is 1.50. The lowest BCUT2D eigenvalue weighted by Crippen LogP contribution is -1.89. The summed E-state index contributed by atoms with van der Waals surface area (Å²) in [6.45, 7) is 2.04. The van der Waals surface area contributed by atoms with Crippen LogP contribution in [0.5, 0.6) is 0 Å². The minimum absolute atomic E-state index is 0.242. The molecular weight excluding hydrogens is 226 g/mol. The molecule has 0 saturated heterocycles. The van der Waals surface area contributed by atoms with E-state index >= 15 is 0 Å². The molecule has 4 heteroatoms. The summed E-state index contributed by atoms with van der Waals surface area (Å²) in [4.78, 5) is 4.36. The summed E-state index contributed by atoms with van der Waals surface area (Å²) in [5.41, 5.74) is 15.6. The number of pyridine rings is 1. The van der Waals surface area contributed by atoms with Gasteiger partial charge in [-0.15, -0.1) is 0 Å². The molecule has 4 N–H and O–H groups in total. The number of rotatable bonds is 1. The number of nitrogens with zero attached hydrogens (tertiary/aromatic N) is 1. The molecule has 3 aromatic rings. The number of fused-ring (bicyclic) bond motifs is 1. The van der Waals surface area contributed by atoms with E-state index in [0.29, 0.717) is 11.3 Å². The molecule has 2 aromatic heterocycles. The second-order valence-electron chi connectivity index (χ2n) is 4.28. The zero-order chi connectivity index (χ0) is 12.7. The van der Waals surface area contributed by atoms with Crippen molar-refractivity contribution in [3.8, 4) is 11.3 Å². The first-order chi connectivity index (χ1) is 8.66. The Labute approximate surface area is 104 Å². The van der Waals surface area contributed by atoms with E-state index in [-0.39, 0.29) is 5.88 Å². The molecule has 18 heavy (non-hydrogen) atoms. The van der Waals surface area contributed by atoms with Gasteiger partial charge in [-0.1, -0.05) is 29.8 Å². The van der Waals surface area contributed by atoms with Gasteiger partial charge in [0.15, 0.2) is 5.58 Å². The fourth-order valence-corrected chi connectivity index (χ4v) is 1.98. The first kappa shape index (κ1) is 10.7. The van der Waals surface area contributed by atoms with E-state index in [1.54, 1.807) is 6.20 Å². The normalized spacial score (nSPS) is 10.9. The van der Waals surface area contributed by atoms with Crippen LogP contribution in [0, 0.1) is 6.92 Å². The number of nitrogen functional groups attached to an aromatic ring is 2. The largest absolute Gasteiger partial charge is 0.436 e. The Morgan fingerprint density at radius 1 is 1.06 bits per heavy atom. The van der Waals surface area contributed by atoms with Crippen molar-refractivity contribution in [2.75, 3.05) is 11.5 Å². The molecule has 0 spiro atoms. The van der Waals surface area contributed by atoms with Crippen molar-refractivity contribution in [3.05, 3.63) is 42.1 Å². The molecule has 0 aliphatic heterocycles. The molecule has 4 nitrogen and oxygen atoms in total. The molecule has 0 fully saturated rings. The van der Waals surface area contributed by atoms with Crippen LogP contribution in [0.4, 0.5) is 11.6 Å². The van der Waals surface area contributed by atoms with Gasteiger partial charge in [-0.25, -0.2) is 0 Å². The molecule has 0 bridgehead atoms. The van der Waals surface area contributed by atoms with Crippen LogP contribution in [0.2, 0.25) is 0 Å². The first-order valence-corrected chi connectivity index (χ1v) is 5.66. The maximum atomic E-state index is 5.86. The van der Waals surface area contributed by atoms with E-state index in [1.165, 1.54) is 5.56 Å². The van der Waals surface area contributed by atoms with E-state index in [9.17, 15) is 0 Å². The SMILES string of the molecule is Cc1ccc(-c2nccc3c(N)c(N)oc23)cc1. The number of hydrogen-bond donors (Lipinski definition) is 2. The van der Waals surface area contributed by atoms with Gasteiger partial charge in [-0.3, -0.25) is 4.98 Å². The highest BCUT2D eigenvalue weighted by atomic mass is 16.3. The van der Waals surface area contributed by atoms with Crippen molar-refractivity contribution >= 4 is 22.5 Å². The molecular formula is C14H13N3O. The predicted octanol–water partition coefficient (Wildman–Crippen LogP) is 2.97. The fourth-order valence-electron chi connectivity index (χ4n) is 1.98. The smallest absolute Gasteiger partial charge is 0.214 e. The fraction of sp³-hybridized carbons (Fsp3) is 0.0714. The molecule has 0 radical (unpaired) electrons. The van der Waals surface area contributed by atoms with Crippen molar-refractivity contribution in [2.45, 2.75) is 6.92 Å². The maximum absolute atomic E-state index is 5.86. The predicted molar refractivity (Wildman–Crippen MR) is 73.0 cm³/mol. The van der Waals surface area contributed by atoms with Gasteiger partial charge >= 0.3 is 0 Å². The van der Waals surface area contributed by atoms with Crippen LogP contribution in [0.1, 0.15) is 5.56 Å². The lowest BCUT2D eigenvalue weighted by Gasteiger charge is -2.01. The lowest BCUT2D eigenvalue weighted by molar-refractivity contribution is 0.638. The van der Waals surface area contributed by atoms with Crippen LogP contribution in [0.15, 0.2) is 40.9 Å². The summed E-state index contributed by atoms with van der Waals surface area (Å²) in [5, 5.41) is 0.804. The zero-order valence-electron chi connectivity index (χ0n) is 9.97. The Balaban J connectivity index is 2.29. The summed E-state index contributed by atoms with van der Waals surface area (Å²) >= 11 is 0. The van der Waals surface area contributed by atoms with E-state index in [2.05, 4.69) is 4.98 Å². The van der Waals surface area contributed by atoms with Crippen LogP contribution in [-0.2, 0) is 0 Å². The maximum Gasteiger partial charge on any atom is 0.214 e. The topological polar surface area (TPSA) is 78.1 Å². The van der Waals surface area contributed by atoms with Crippen molar-refractivity contribution in [1.29, 1.82) is 0 Å². The Kier molecular flexibility index (Phi) is 2.23. The van der Waals surface area contributed by atoms with Gasteiger partial charge in [0.25, 0.3) is 0 Å². The summed E-state index contributed by atoms with van der Waals surface area (Å²) in [7, 11) is 0. The van der Waals surface area contributed by atoms with E-state index < -0.39 is 0 Å². The molecule has 0 aliphatic carbocycles. The van der Waals surface area contributed by atoms with Gasteiger partial charge < -0.3 is 15.9 Å². The van der Waals surface area contributed by atoms with E-state index in [0.717, 1.165) is 16.6 Å². The van der Waals surface area contributed by atoms with Crippen molar-refractivity contribution in [1.82, 2.24) is 4.98 Å². The highest BCUT2D eigenvalue weighted by Crippen LogP contribution is 2.35.